The van der Waals surface area contributed by atoms with E-state index in [2.05, 4.69) is 34.0 Å². The SMILES string of the molecule is C=CCn1c(-c2cccs2)csc1=Nc1ccc(Cl)cc1. The predicted molar refractivity (Wildman–Crippen MR) is 92.5 cm³/mol. The second kappa shape index (κ2) is 6.43. The first-order valence-corrected chi connectivity index (χ1v) is 8.55. The molecule has 0 aliphatic rings. The van der Waals surface area contributed by atoms with Gasteiger partial charge in [-0.2, -0.15) is 0 Å². The number of aromatic nitrogens is 1. The molecule has 0 atom stereocenters. The lowest BCUT2D eigenvalue weighted by Gasteiger charge is -2.04. The highest BCUT2D eigenvalue weighted by Crippen LogP contribution is 2.25. The molecule has 1 aromatic carbocycles. The quantitative estimate of drug-likeness (QED) is 0.573. The van der Waals surface area contributed by atoms with Gasteiger partial charge in [-0.1, -0.05) is 23.7 Å². The Kier molecular flexibility index (Phi) is 4.39. The van der Waals surface area contributed by atoms with Crippen LogP contribution >= 0.6 is 34.3 Å². The number of benzene rings is 1. The van der Waals surface area contributed by atoms with Gasteiger partial charge in [0, 0.05) is 16.9 Å². The lowest BCUT2D eigenvalue weighted by Crippen LogP contribution is -2.14. The van der Waals surface area contributed by atoms with Crippen LogP contribution in [0.3, 0.4) is 0 Å². The Morgan fingerprint density at radius 1 is 1.19 bits per heavy atom. The van der Waals surface area contributed by atoms with Crippen molar-refractivity contribution in [2.75, 3.05) is 0 Å². The number of rotatable bonds is 4. The van der Waals surface area contributed by atoms with Crippen LogP contribution in [0.2, 0.25) is 5.02 Å². The number of hydrogen-bond acceptors (Lipinski definition) is 3. The highest BCUT2D eigenvalue weighted by atomic mass is 35.5. The maximum atomic E-state index is 5.91. The zero-order valence-corrected chi connectivity index (χ0v) is 13.6. The van der Waals surface area contributed by atoms with Gasteiger partial charge < -0.3 is 4.57 Å². The fourth-order valence-corrected chi connectivity index (χ4v) is 3.85. The summed E-state index contributed by atoms with van der Waals surface area (Å²) in [6.07, 6.45) is 1.89. The van der Waals surface area contributed by atoms with E-state index < -0.39 is 0 Å². The van der Waals surface area contributed by atoms with E-state index in [9.17, 15) is 0 Å². The zero-order chi connectivity index (χ0) is 14.7. The van der Waals surface area contributed by atoms with E-state index in [1.54, 1.807) is 22.7 Å². The minimum absolute atomic E-state index is 0.721. The summed E-state index contributed by atoms with van der Waals surface area (Å²) in [6.45, 7) is 4.59. The van der Waals surface area contributed by atoms with Gasteiger partial charge in [0.2, 0.25) is 0 Å². The summed E-state index contributed by atoms with van der Waals surface area (Å²) in [5, 5.41) is 4.95. The third kappa shape index (κ3) is 3.18. The van der Waals surface area contributed by atoms with Gasteiger partial charge >= 0.3 is 0 Å². The van der Waals surface area contributed by atoms with Crippen molar-refractivity contribution in [1.29, 1.82) is 0 Å². The van der Waals surface area contributed by atoms with E-state index in [-0.39, 0.29) is 0 Å². The first-order valence-electron chi connectivity index (χ1n) is 6.41. The second-order valence-electron chi connectivity index (χ2n) is 4.37. The molecule has 3 rings (SSSR count). The summed E-state index contributed by atoms with van der Waals surface area (Å²) >= 11 is 9.28. The summed E-state index contributed by atoms with van der Waals surface area (Å²) in [7, 11) is 0. The Bertz CT molecular complexity index is 796. The van der Waals surface area contributed by atoms with Crippen LogP contribution in [-0.2, 0) is 6.54 Å². The lowest BCUT2D eigenvalue weighted by atomic mass is 10.3. The molecule has 0 unspecified atom stereocenters. The van der Waals surface area contributed by atoms with Crippen molar-refractivity contribution in [2.45, 2.75) is 6.54 Å². The fraction of sp³-hybridized carbons (Fsp3) is 0.0625. The predicted octanol–water partition coefficient (Wildman–Crippen LogP) is 5.35. The van der Waals surface area contributed by atoms with Gasteiger partial charge in [-0.3, -0.25) is 0 Å². The highest BCUT2D eigenvalue weighted by molar-refractivity contribution is 7.14. The third-order valence-electron chi connectivity index (χ3n) is 2.93. The number of thiazole rings is 1. The van der Waals surface area contributed by atoms with Crippen molar-refractivity contribution in [3.05, 3.63) is 69.6 Å². The largest absolute Gasteiger partial charge is 0.312 e. The summed E-state index contributed by atoms with van der Waals surface area (Å²) < 4.78 is 2.18. The van der Waals surface area contributed by atoms with Crippen molar-refractivity contribution in [2.24, 2.45) is 4.99 Å². The van der Waals surface area contributed by atoms with Crippen molar-refractivity contribution in [1.82, 2.24) is 4.57 Å². The minimum Gasteiger partial charge on any atom is -0.312 e. The van der Waals surface area contributed by atoms with Gasteiger partial charge in [-0.15, -0.1) is 29.3 Å². The van der Waals surface area contributed by atoms with Crippen molar-refractivity contribution < 1.29 is 0 Å². The molecule has 5 heteroatoms. The molecule has 2 aromatic heterocycles. The molecular formula is C16H13ClN2S2. The Hall–Kier alpha value is -1.62. The maximum Gasteiger partial charge on any atom is 0.190 e. The lowest BCUT2D eigenvalue weighted by molar-refractivity contribution is 0.802. The van der Waals surface area contributed by atoms with E-state index in [4.69, 9.17) is 16.6 Å². The van der Waals surface area contributed by atoms with E-state index in [1.807, 2.05) is 30.3 Å². The number of thiophene rings is 1. The van der Waals surface area contributed by atoms with Crippen LogP contribution in [0.4, 0.5) is 5.69 Å². The van der Waals surface area contributed by atoms with Crippen molar-refractivity contribution in [3.63, 3.8) is 0 Å². The summed E-state index contributed by atoms with van der Waals surface area (Å²) in [4.78, 5) is 6.91. The van der Waals surface area contributed by atoms with Gasteiger partial charge in [0.05, 0.1) is 16.3 Å². The van der Waals surface area contributed by atoms with Crippen LogP contribution in [0, 0.1) is 0 Å². The van der Waals surface area contributed by atoms with Gasteiger partial charge in [0.1, 0.15) is 0 Å². The van der Waals surface area contributed by atoms with Gasteiger partial charge in [0.25, 0.3) is 0 Å². The Morgan fingerprint density at radius 3 is 2.67 bits per heavy atom. The van der Waals surface area contributed by atoms with E-state index in [1.165, 1.54) is 10.6 Å². The Morgan fingerprint density at radius 2 is 2.00 bits per heavy atom. The molecule has 2 nitrogen and oxygen atoms in total. The summed E-state index contributed by atoms with van der Waals surface area (Å²) in [6, 6.07) is 11.7. The van der Waals surface area contributed by atoms with Crippen LogP contribution < -0.4 is 4.80 Å². The van der Waals surface area contributed by atoms with E-state index in [0.717, 1.165) is 22.1 Å². The topological polar surface area (TPSA) is 17.3 Å². The smallest absolute Gasteiger partial charge is 0.190 e. The number of nitrogens with zero attached hydrogens (tertiary/aromatic N) is 2. The molecular weight excluding hydrogens is 320 g/mol. The number of hydrogen-bond donors (Lipinski definition) is 0. The second-order valence-corrected chi connectivity index (χ2v) is 6.59. The van der Waals surface area contributed by atoms with Crippen LogP contribution in [0.5, 0.6) is 0 Å². The normalized spacial score (nSPS) is 11.8. The van der Waals surface area contributed by atoms with Crippen LogP contribution in [0.25, 0.3) is 10.6 Å². The molecule has 0 spiro atoms. The van der Waals surface area contributed by atoms with Crippen molar-refractivity contribution >= 4 is 40.0 Å². The average Bonchev–Trinajstić information content (AvgIpc) is 3.12. The monoisotopic (exact) mass is 332 g/mol. The van der Waals surface area contributed by atoms with Crippen molar-refractivity contribution in [3.8, 4) is 10.6 Å². The summed E-state index contributed by atoms with van der Waals surface area (Å²) in [5.74, 6) is 0. The molecule has 0 saturated carbocycles. The first-order chi connectivity index (χ1) is 10.3. The molecule has 0 N–H and O–H groups in total. The molecule has 21 heavy (non-hydrogen) atoms. The maximum absolute atomic E-state index is 5.91. The fourth-order valence-electron chi connectivity index (χ4n) is 1.97. The average molecular weight is 333 g/mol. The molecule has 0 fully saturated rings. The van der Waals surface area contributed by atoms with Gasteiger partial charge in [-0.25, -0.2) is 4.99 Å². The van der Waals surface area contributed by atoms with Gasteiger partial charge in [0.15, 0.2) is 4.80 Å². The Balaban J connectivity index is 2.10. The number of halogens is 1. The molecule has 3 aromatic rings. The molecule has 106 valence electrons. The highest BCUT2D eigenvalue weighted by Gasteiger charge is 2.07. The molecule has 0 radical (unpaired) electrons. The third-order valence-corrected chi connectivity index (χ3v) is 4.94. The van der Waals surface area contributed by atoms with E-state index in [0.29, 0.717) is 0 Å². The zero-order valence-electron chi connectivity index (χ0n) is 11.2. The summed E-state index contributed by atoms with van der Waals surface area (Å²) in [5.41, 5.74) is 2.08. The first kappa shape index (κ1) is 14.3. The molecule has 0 aliphatic heterocycles. The van der Waals surface area contributed by atoms with E-state index >= 15 is 0 Å². The Labute approximate surface area is 136 Å². The molecule has 0 aliphatic carbocycles. The minimum atomic E-state index is 0.721. The molecule has 0 bridgehead atoms. The molecule has 2 heterocycles. The van der Waals surface area contributed by atoms with Gasteiger partial charge in [-0.05, 0) is 35.7 Å². The van der Waals surface area contributed by atoms with Crippen LogP contribution in [-0.4, -0.2) is 4.57 Å². The molecule has 0 saturated heterocycles. The van der Waals surface area contributed by atoms with Crippen LogP contribution in [0.1, 0.15) is 0 Å². The molecule has 0 amide bonds. The standard InChI is InChI=1S/C16H13ClN2S2/c1-2-9-19-14(15-4-3-10-20-15)11-21-16(19)18-13-7-5-12(17)6-8-13/h2-8,10-11H,1,9H2. The number of allylic oxidation sites excluding steroid dienone is 1. The van der Waals surface area contributed by atoms with Crippen LogP contribution in [0.15, 0.2) is 64.8 Å².